The number of rotatable bonds is 3. The van der Waals surface area contributed by atoms with E-state index in [1.807, 2.05) is 42.7 Å². The third kappa shape index (κ3) is 3.75. The fraction of sp³-hybridized carbons (Fsp3) is 0.143. The summed E-state index contributed by atoms with van der Waals surface area (Å²) in [6.07, 6.45) is 7.41. The first-order chi connectivity index (χ1) is 9.22. The molecule has 1 heterocycles. The van der Waals surface area contributed by atoms with Crippen molar-refractivity contribution in [2.24, 2.45) is 4.99 Å². The van der Waals surface area contributed by atoms with E-state index >= 15 is 0 Å². The molecule has 0 N–H and O–H groups in total. The molecule has 0 fully saturated rings. The minimum Gasteiger partial charge on any atom is -0.497 e. The molecule has 19 heavy (non-hydrogen) atoms. The fourth-order valence-corrected chi connectivity index (χ4v) is 2.73. The van der Waals surface area contributed by atoms with Crippen LogP contribution in [0.4, 0.5) is 0 Å². The van der Waals surface area contributed by atoms with Crippen LogP contribution in [0.1, 0.15) is 5.56 Å². The number of ether oxygens (including phenoxy) is 1. The summed E-state index contributed by atoms with van der Waals surface area (Å²) >= 11 is 2.67. The van der Waals surface area contributed by atoms with Gasteiger partial charge in [0, 0.05) is 0 Å². The van der Waals surface area contributed by atoms with E-state index in [2.05, 4.69) is 4.99 Å². The SMILES string of the molecule is COc1ccc(/C=C/C=C2\N=C(SC)SC2=O)cc1. The van der Waals surface area contributed by atoms with Crippen molar-refractivity contribution < 1.29 is 9.53 Å². The molecule has 1 aromatic rings. The smallest absolute Gasteiger partial charge is 0.244 e. The number of carbonyl (C=O) groups excluding carboxylic acids is 1. The zero-order chi connectivity index (χ0) is 13.7. The van der Waals surface area contributed by atoms with E-state index in [1.54, 1.807) is 13.2 Å². The molecule has 0 unspecified atom stereocenters. The highest BCUT2D eigenvalue weighted by Crippen LogP contribution is 2.28. The van der Waals surface area contributed by atoms with Gasteiger partial charge in [-0.3, -0.25) is 4.79 Å². The van der Waals surface area contributed by atoms with Gasteiger partial charge in [0.1, 0.15) is 15.8 Å². The number of benzene rings is 1. The summed E-state index contributed by atoms with van der Waals surface area (Å²) in [7, 11) is 1.64. The highest BCUT2D eigenvalue weighted by atomic mass is 32.2. The number of nitrogens with zero attached hydrogens (tertiary/aromatic N) is 1. The zero-order valence-corrected chi connectivity index (χ0v) is 12.3. The number of carbonyl (C=O) groups is 1. The van der Waals surface area contributed by atoms with Crippen LogP contribution in [0.25, 0.3) is 6.08 Å². The Labute approximate surface area is 120 Å². The number of methoxy groups -OCH3 is 1. The Kier molecular flexibility index (Phi) is 4.87. The van der Waals surface area contributed by atoms with Crippen LogP contribution in [0.3, 0.4) is 0 Å². The molecule has 1 aliphatic rings. The van der Waals surface area contributed by atoms with Gasteiger partial charge in [-0.2, -0.15) is 0 Å². The van der Waals surface area contributed by atoms with Crippen LogP contribution in [0.15, 0.2) is 47.1 Å². The second-order valence-electron chi connectivity index (χ2n) is 3.66. The van der Waals surface area contributed by atoms with Crippen LogP contribution in [-0.4, -0.2) is 22.9 Å². The van der Waals surface area contributed by atoms with Gasteiger partial charge in [-0.1, -0.05) is 24.3 Å². The van der Waals surface area contributed by atoms with E-state index in [1.165, 1.54) is 23.5 Å². The molecule has 3 nitrogen and oxygen atoms in total. The summed E-state index contributed by atoms with van der Waals surface area (Å²) in [4.78, 5) is 15.8. The van der Waals surface area contributed by atoms with Gasteiger partial charge in [0.2, 0.25) is 5.12 Å². The van der Waals surface area contributed by atoms with Crippen molar-refractivity contribution in [2.45, 2.75) is 0 Å². The minimum atomic E-state index is 0.00345. The van der Waals surface area contributed by atoms with Crippen LogP contribution < -0.4 is 4.74 Å². The van der Waals surface area contributed by atoms with Crippen molar-refractivity contribution in [3.05, 3.63) is 47.7 Å². The molecule has 0 aromatic heterocycles. The number of hydrogen-bond acceptors (Lipinski definition) is 5. The third-order valence-electron chi connectivity index (χ3n) is 2.43. The molecular weight excluding hydrogens is 278 g/mol. The van der Waals surface area contributed by atoms with E-state index in [9.17, 15) is 4.79 Å². The third-order valence-corrected chi connectivity index (χ3v) is 4.29. The van der Waals surface area contributed by atoms with Gasteiger partial charge in [-0.05, 0) is 41.8 Å². The van der Waals surface area contributed by atoms with Gasteiger partial charge in [-0.25, -0.2) is 4.99 Å². The lowest BCUT2D eigenvalue weighted by Crippen LogP contribution is -1.86. The monoisotopic (exact) mass is 291 g/mol. The van der Waals surface area contributed by atoms with Crippen LogP contribution in [-0.2, 0) is 4.79 Å². The molecule has 0 radical (unpaired) electrons. The Morgan fingerprint density at radius 1 is 1.32 bits per heavy atom. The Hall–Kier alpha value is -1.46. The maximum atomic E-state index is 11.6. The van der Waals surface area contributed by atoms with Crippen LogP contribution >= 0.6 is 23.5 Å². The van der Waals surface area contributed by atoms with Gasteiger partial charge >= 0.3 is 0 Å². The predicted molar refractivity (Wildman–Crippen MR) is 83.7 cm³/mol. The molecule has 1 aliphatic heterocycles. The van der Waals surface area contributed by atoms with Crippen LogP contribution in [0.5, 0.6) is 5.75 Å². The summed E-state index contributed by atoms with van der Waals surface area (Å²) in [5.41, 5.74) is 1.55. The summed E-state index contributed by atoms with van der Waals surface area (Å²) in [5.74, 6) is 0.826. The number of allylic oxidation sites excluding steroid dienone is 2. The number of aliphatic imine (C=N–C) groups is 1. The first-order valence-electron chi connectivity index (χ1n) is 5.60. The molecule has 0 spiro atoms. The van der Waals surface area contributed by atoms with E-state index in [0.717, 1.165) is 15.7 Å². The first kappa shape index (κ1) is 14.0. The molecule has 0 bridgehead atoms. The quantitative estimate of drug-likeness (QED) is 0.798. The van der Waals surface area contributed by atoms with E-state index in [-0.39, 0.29) is 5.12 Å². The Balaban J connectivity index is 2.06. The molecule has 0 saturated heterocycles. The van der Waals surface area contributed by atoms with Crippen molar-refractivity contribution in [3.63, 3.8) is 0 Å². The summed E-state index contributed by atoms with van der Waals surface area (Å²) in [6.45, 7) is 0. The van der Waals surface area contributed by atoms with Crippen molar-refractivity contribution in [1.82, 2.24) is 0 Å². The van der Waals surface area contributed by atoms with Crippen molar-refractivity contribution in [2.75, 3.05) is 13.4 Å². The fourth-order valence-electron chi connectivity index (χ4n) is 1.46. The molecule has 0 aliphatic carbocycles. The highest BCUT2D eigenvalue weighted by Gasteiger charge is 2.20. The van der Waals surface area contributed by atoms with Crippen LogP contribution in [0.2, 0.25) is 0 Å². The van der Waals surface area contributed by atoms with Gasteiger partial charge in [0.25, 0.3) is 0 Å². The largest absolute Gasteiger partial charge is 0.497 e. The maximum Gasteiger partial charge on any atom is 0.244 e. The average molecular weight is 291 g/mol. The van der Waals surface area contributed by atoms with Gasteiger partial charge in [-0.15, -0.1) is 11.8 Å². The van der Waals surface area contributed by atoms with Crippen molar-refractivity contribution in [1.29, 1.82) is 0 Å². The Morgan fingerprint density at radius 2 is 2.05 bits per heavy atom. The van der Waals surface area contributed by atoms with E-state index in [4.69, 9.17) is 4.74 Å². The maximum absolute atomic E-state index is 11.6. The molecule has 0 saturated carbocycles. The zero-order valence-electron chi connectivity index (χ0n) is 10.6. The standard InChI is InChI=1S/C14H13NO2S2/c1-17-11-8-6-10(7-9-11)4-3-5-12-13(16)19-14(15-12)18-2/h3-9H,1-2H3/b4-3+,12-5-. The molecule has 1 aromatic carbocycles. The van der Waals surface area contributed by atoms with Gasteiger partial charge < -0.3 is 4.74 Å². The lowest BCUT2D eigenvalue weighted by Gasteiger charge is -1.98. The lowest BCUT2D eigenvalue weighted by atomic mass is 10.2. The van der Waals surface area contributed by atoms with E-state index < -0.39 is 0 Å². The topological polar surface area (TPSA) is 38.7 Å². The molecule has 98 valence electrons. The second kappa shape index (κ2) is 6.63. The summed E-state index contributed by atoms with van der Waals surface area (Å²) in [6, 6.07) is 7.70. The molecule has 0 atom stereocenters. The first-order valence-corrected chi connectivity index (χ1v) is 7.64. The molecular formula is C14H13NO2S2. The highest BCUT2D eigenvalue weighted by molar-refractivity contribution is 8.45. The molecule has 0 amide bonds. The van der Waals surface area contributed by atoms with Crippen molar-refractivity contribution in [3.8, 4) is 5.75 Å². The van der Waals surface area contributed by atoms with E-state index in [0.29, 0.717) is 5.70 Å². The lowest BCUT2D eigenvalue weighted by molar-refractivity contribution is -0.107. The average Bonchev–Trinajstić information content (AvgIpc) is 2.80. The normalized spacial score (nSPS) is 17.3. The predicted octanol–water partition coefficient (Wildman–Crippen LogP) is 3.58. The number of hydrogen-bond donors (Lipinski definition) is 0. The number of thioether (sulfide) groups is 2. The molecule has 2 rings (SSSR count). The van der Waals surface area contributed by atoms with Gasteiger partial charge in [0.15, 0.2) is 0 Å². The minimum absolute atomic E-state index is 0.00345. The second-order valence-corrected chi connectivity index (χ2v) is 5.67. The van der Waals surface area contributed by atoms with Crippen molar-refractivity contribution >= 4 is 39.1 Å². The van der Waals surface area contributed by atoms with Crippen LogP contribution in [0, 0.1) is 0 Å². The van der Waals surface area contributed by atoms with Gasteiger partial charge in [0.05, 0.1) is 7.11 Å². The Morgan fingerprint density at radius 3 is 2.63 bits per heavy atom. The summed E-state index contributed by atoms with van der Waals surface area (Å²) < 4.78 is 5.89. The molecule has 5 heteroatoms. The Bertz CT molecular complexity index is 559. The summed E-state index contributed by atoms with van der Waals surface area (Å²) in [5, 5.41) is 0.00345.